The number of amidine groups is 1. The van der Waals surface area contributed by atoms with Crippen molar-refractivity contribution in [1.29, 1.82) is 5.26 Å². The van der Waals surface area contributed by atoms with Crippen LogP contribution < -0.4 is 5.73 Å². The van der Waals surface area contributed by atoms with Crippen molar-refractivity contribution >= 4 is 5.84 Å². The van der Waals surface area contributed by atoms with E-state index in [0.29, 0.717) is 19.3 Å². The third-order valence-electron chi connectivity index (χ3n) is 0.850. The molecule has 4 nitrogen and oxygen atoms in total. The Labute approximate surface area is 53.6 Å². The van der Waals surface area contributed by atoms with Gasteiger partial charge in [0.15, 0.2) is 0 Å². The van der Waals surface area contributed by atoms with E-state index in [-0.39, 0.29) is 5.84 Å². The Morgan fingerprint density at radius 3 is 2.89 bits per heavy atom. The Kier molecular flexibility index (Phi) is 4.23. The van der Waals surface area contributed by atoms with Gasteiger partial charge in [0.25, 0.3) is 0 Å². The number of nitrogens with two attached hydrogens (primary N) is 1. The number of hydrogen-bond donors (Lipinski definition) is 2. The molecular weight excluding hydrogens is 118 g/mol. The number of nitriles is 1. The molecule has 0 bridgehead atoms. The van der Waals surface area contributed by atoms with Gasteiger partial charge in [-0.3, -0.25) is 0 Å². The van der Waals surface area contributed by atoms with E-state index in [0.717, 1.165) is 0 Å². The first-order valence-electron chi connectivity index (χ1n) is 2.64. The van der Waals surface area contributed by atoms with E-state index in [4.69, 9.17) is 16.2 Å². The lowest BCUT2D eigenvalue weighted by molar-refractivity contribution is 0.316. The molecule has 0 aliphatic heterocycles. The molecule has 9 heavy (non-hydrogen) atoms. The third kappa shape index (κ3) is 4.62. The molecule has 0 amide bonds. The van der Waals surface area contributed by atoms with Crippen molar-refractivity contribution < 1.29 is 5.21 Å². The second-order valence-electron chi connectivity index (χ2n) is 1.60. The highest BCUT2D eigenvalue weighted by atomic mass is 16.4. The van der Waals surface area contributed by atoms with Crippen molar-refractivity contribution in [2.75, 3.05) is 0 Å². The monoisotopic (exact) mass is 127 g/mol. The first-order valence-corrected chi connectivity index (χ1v) is 2.64. The molecule has 0 aliphatic rings. The van der Waals surface area contributed by atoms with Crippen molar-refractivity contribution in [3.8, 4) is 6.07 Å². The standard InChI is InChI=1S/C5H9N3O/c6-4-2-1-3-5(7)8-9/h9H,1-3H2,(H2,7,8). The summed E-state index contributed by atoms with van der Waals surface area (Å²) in [6.07, 6.45) is 1.60. The fraction of sp³-hybridized carbons (Fsp3) is 0.600. The lowest BCUT2D eigenvalue weighted by Crippen LogP contribution is -2.10. The van der Waals surface area contributed by atoms with Crippen molar-refractivity contribution in [2.45, 2.75) is 19.3 Å². The fourth-order valence-electron chi connectivity index (χ4n) is 0.399. The van der Waals surface area contributed by atoms with Gasteiger partial charge < -0.3 is 10.9 Å². The van der Waals surface area contributed by atoms with Crippen LogP contribution in [0.2, 0.25) is 0 Å². The lowest BCUT2D eigenvalue weighted by atomic mass is 10.2. The van der Waals surface area contributed by atoms with Gasteiger partial charge in [-0.05, 0) is 6.42 Å². The normalized spacial score (nSPS) is 10.8. The van der Waals surface area contributed by atoms with Crippen LogP contribution in [0, 0.1) is 11.3 Å². The van der Waals surface area contributed by atoms with Crippen molar-refractivity contribution in [1.82, 2.24) is 0 Å². The second-order valence-corrected chi connectivity index (χ2v) is 1.60. The zero-order valence-corrected chi connectivity index (χ0v) is 5.04. The number of nitrogens with zero attached hydrogens (tertiary/aromatic N) is 2. The zero-order valence-electron chi connectivity index (χ0n) is 5.04. The highest BCUT2D eigenvalue weighted by Gasteiger charge is 1.90. The second kappa shape index (κ2) is 4.91. The Morgan fingerprint density at radius 2 is 2.44 bits per heavy atom. The first kappa shape index (κ1) is 7.76. The molecule has 0 heterocycles. The van der Waals surface area contributed by atoms with Gasteiger partial charge in [-0.15, -0.1) is 0 Å². The summed E-state index contributed by atoms with van der Waals surface area (Å²) >= 11 is 0. The molecule has 0 atom stereocenters. The Morgan fingerprint density at radius 1 is 1.78 bits per heavy atom. The van der Waals surface area contributed by atoms with Gasteiger partial charge in [0.2, 0.25) is 0 Å². The van der Waals surface area contributed by atoms with Gasteiger partial charge in [-0.2, -0.15) is 5.26 Å². The maximum absolute atomic E-state index is 8.06. The number of unbranched alkanes of at least 4 members (excludes halogenated alkanes) is 1. The van der Waals surface area contributed by atoms with Gasteiger partial charge in [0, 0.05) is 12.8 Å². The van der Waals surface area contributed by atoms with E-state index in [1.165, 1.54) is 0 Å². The van der Waals surface area contributed by atoms with Crippen molar-refractivity contribution in [2.24, 2.45) is 10.9 Å². The number of oxime groups is 1. The van der Waals surface area contributed by atoms with E-state index in [9.17, 15) is 0 Å². The van der Waals surface area contributed by atoms with Crippen LogP contribution in [0.15, 0.2) is 5.16 Å². The average molecular weight is 127 g/mol. The SMILES string of the molecule is N#CCCC/C(N)=N\O. The van der Waals surface area contributed by atoms with Gasteiger partial charge in [-0.1, -0.05) is 5.16 Å². The largest absolute Gasteiger partial charge is 0.409 e. The number of rotatable bonds is 3. The highest BCUT2D eigenvalue weighted by molar-refractivity contribution is 5.79. The molecule has 0 unspecified atom stereocenters. The summed E-state index contributed by atoms with van der Waals surface area (Å²) < 4.78 is 0. The molecule has 0 aromatic heterocycles. The van der Waals surface area contributed by atoms with E-state index in [2.05, 4.69) is 5.16 Å². The van der Waals surface area contributed by atoms with Crippen LogP contribution in [0.3, 0.4) is 0 Å². The summed E-state index contributed by atoms with van der Waals surface area (Å²) in [5.41, 5.74) is 5.10. The van der Waals surface area contributed by atoms with Crippen LogP contribution in [-0.2, 0) is 0 Å². The third-order valence-corrected chi connectivity index (χ3v) is 0.850. The van der Waals surface area contributed by atoms with Crippen molar-refractivity contribution in [3.63, 3.8) is 0 Å². The summed E-state index contributed by atoms with van der Waals surface area (Å²) in [5.74, 6) is 0.185. The van der Waals surface area contributed by atoms with Gasteiger partial charge in [-0.25, -0.2) is 0 Å². The molecule has 0 rings (SSSR count). The number of hydrogen-bond acceptors (Lipinski definition) is 3. The maximum Gasteiger partial charge on any atom is 0.139 e. The van der Waals surface area contributed by atoms with Gasteiger partial charge >= 0.3 is 0 Å². The highest BCUT2D eigenvalue weighted by Crippen LogP contribution is 1.91. The van der Waals surface area contributed by atoms with Crippen LogP contribution in [0.1, 0.15) is 19.3 Å². The van der Waals surface area contributed by atoms with Crippen LogP contribution >= 0.6 is 0 Å². The van der Waals surface area contributed by atoms with E-state index in [1.807, 2.05) is 6.07 Å². The summed E-state index contributed by atoms with van der Waals surface area (Å²) in [4.78, 5) is 0. The van der Waals surface area contributed by atoms with Gasteiger partial charge in [0.05, 0.1) is 6.07 Å². The minimum atomic E-state index is 0.185. The topological polar surface area (TPSA) is 82.4 Å². The average Bonchev–Trinajstić information content (AvgIpc) is 1.89. The summed E-state index contributed by atoms with van der Waals surface area (Å²) in [5, 5.41) is 18.8. The minimum absolute atomic E-state index is 0.185. The quantitative estimate of drug-likeness (QED) is 0.189. The molecule has 0 aromatic carbocycles. The fourth-order valence-corrected chi connectivity index (χ4v) is 0.399. The molecule has 50 valence electrons. The van der Waals surface area contributed by atoms with Crippen LogP contribution in [0.25, 0.3) is 0 Å². The first-order chi connectivity index (χ1) is 4.31. The Balaban J connectivity index is 3.20. The Bertz CT molecular complexity index is 136. The smallest absolute Gasteiger partial charge is 0.139 e. The van der Waals surface area contributed by atoms with Crippen LogP contribution in [-0.4, -0.2) is 11.0 Å². The zero-order chi connectivity index (χ0) is 7.11. The van der Waals surface area contributed by atoms with Crippen LogP contribution in [0.5, 0.6) is 0 Å². The summed E-state index contributed by atoms with van der Waals surface area (Å²) in [6.45, 7) is 0. The van der Waals surface area contributed by atoms with E-state index >= 15 is 0 Å². The summed E-state index contributed by atoms with van der Waals surface area (Å²) in [6, 6.07) is 1.95. The molecule has 4 heteroatoms. The molecule has 0 spiro atoms. The molecule has 0 saturated carbocycles. The van der Waals surface area contributed by atoms with Crippen molar-refractivity contribution in [3.05, 3.63) is 0 Å². The molecule has 0 saturated heterocycles. The minimum Gasteiger partial charge on any atom is -0.409 e. The molecule has 0 aliphatic carbocycles. The maximum atomic E-state index is 8.06. The van der Waals surface area contributed by atoms with E-state index < -0.39 is 0 Å². The molecular formula is C5H9N3O. The lowest BCUT2D eigenvalue weighted by Gasteiger charge is -1.91. The summed E-state index contributed by atoms with van der Waals surface area (Å²) in [7, 11) is 0. The molecule has 0 radical (unpaired) electrons. The van der Waals surface area contributed by atoms with Gasteiger partial charge in [0.1, 0.15) is 5.84 Å². The van der Waals surface area contributed by atoms with E-state index in [1.54, 1.807) is 0 Å². The predicted octanol–water partition coefficient (Wildman–Crippen LogP) is 0.427. The predicted molar refractivity (Wildman–Crippen MR) is 32.9 cm³/mol. The molecule has 3 N–H and O–H groups in total. The molecule has 0 fully saturated rings. The van der Waals surface area contributed by atoms with Crippen LogP contribution in [0.4, 0.5) is 0 Å². The Hall–Kier alpha value is -1.24. The molecule has 0 aromatic rings.